The molecular formula is C24H26FN3O3. The van der Waals surface area contributed by atoms with Crippen molar-refractivity contribution < 1.29 is 18.7 Å². The van der Waals surface area contributed by atoms with E-state index >= 15 is 0 Å². The third-order valence-corrected chi connectivity index (χ3v) is 5.67. The molecule has 2 amide bonds. The van der Waals surface area contributed by atoms with Gasteiger partial charge in [-0.05, 0) is 42.7 Å². The number of rotatable bonds is 7. The molecule has 4 rings (SSSR count). The maximum absolute atomic E-state index is 13.5. The summed E-state index contributed by atoms with van der Waals surface area (Å²) in [5.74, 6) is -1.10. The zero-order valence-corrected chi connectivity index (χ0v) is 17.6. The van der Waals surface area contributed by atoms with E-state index < -0.39 is 5.82 Å². The van der Waals surface area contributed by atoms with Gasteiger partial charge in [0.2, 0.25) is 0 Å². The fourth-order valence-electron chi connectivity index (χ4n) is 3.90. The van der Waals surface area contributed by atoms with E-state index in [2.05, 4.69) is 10.2 Å². The van der Waals surface area contributed by atoms with Gasteiger partial charge in [0.15, 0.2) is 0 Å². The van der Waals surface area contributed by atoms with Crippen molar-refractivity contribution in [1.82, 2.24) is 9.80 Å². The fraction of sp³-hybridized carbons (Fsp3) is 0.333. The smallest absolute Gasteiger partial charge is 0.278 e. The van der Waals surface area contributed by atoms with Crippen molar-refractivity contribution in [2.75, 3.05) is 44.7 Å². The highest BCUT2D eigenvalue weighted by atomic mass is 19.1. The number of morpholine rings is 1. The molecule has 1 N–H and O–H groups in total. The molecule has 2 aromatic carbocycles. The summed E-state index contributed by atoms with van der Waals surface area (Å²) >= 11 is 0. The Morgan fingerprint density at radius 1 is 0.968 bits per heavy atom. The van der Waals surface area contributed by atoms with Crippen LogP contribution in [-0.2, 0) is 14.3 Å². The summed E-state index contributed by atoms with van der Waals surface area (Å²) in [6.45, 7) is 6.21. The van der Waals surface area contributed by atoms with Crippen LogP contribution in [0.5, 0.6) is 0 Å². The first-order valence-corrected chi connectivity index (χ1v) is 10.5. The molecule has 0 atom stereocenters. The molecule has 2 aliphatic heterocycles. The molecule has 0 bridgehead atoms. The molecule has 0 aromatic heterocycles. The normalized spacial score (nSPS) is 17.5. The molecule has 2 heterocycles. The van der Waals surface area contributed by atoms with E-state index in [4.69, 9.17) is 4.74 Å². The number of para-hydroxylation sites is 1. The van der Waals surface area contributed by atoms with Crippen LogP contribution in [0.1, 0.15) is 17.5 Å². The predicted molar refractivity (Wildman–Crippen MR) is 117 cm³/mol. The highest BCUT2D eigenvalue weighted by Crippen LogP contribution is 2.31. The third kappa shape index (κ3) is 4.68. The lowest BCUT2D eigenvalue weighted by atomic mass is 10.0. The van der Waals surface area contributed by atoms with Crippen LogP contribution < -0.4 is 5.32 Å². The number of nitrogens with zero attached hydrogens (tertiary/aromatic N) is 2. The van der Waals surface area contributed by atoms with E-state index in [-0.39, 0.29) is 23.1 Å². The number of hydrogen-bond donors (Lipinski definition) is 1. The van der Waals surface area contributed by atoms with Crippen molar-refractivity contribution in [2.45, 2.75) is 13.3 Å². The van der Waals surface area contributed by atoms with Crippen LogP contribution in [0.4, 0.5) is 10.1 Å². The quantitative estimate of drug-likeness (QED) is 0.694. The second-order valence-corrected chi connectivity index (χ2v) is 7.77. The van der Waals surface area contributed by atoms with Crippen LogP contribution in [0.25, 0.3) is 5.57 Å². The lowest BCUT2D eigenvalue weighted by Crippen LogP contribution is -2.39. The summed E-state index contributed by atoms with van der Waals surface area (Å²) in [7, 11) is 0. The largest absolute Gasteiger partial charge is 0.379 e. The molecule has 0 spiro atoms. The zero-order chi connectivity index (χ0) is 21.8. The van der Waals surface area contributed by atoms with E-state index in [0.29, 0.717) is 31.7 Å². The second kappa shape index (κ2) is 9.41. The Labute approximate surface area is 181 Å². The number of imide groups is 1. The van der Waals surface area contributed by atoms with E-state index in [0.717, 1.165) is 30.9 Å². The van der Waals surface area contributed by atoms with Gasteiger partial charge in [0.1, 0.15) is 11.5 Å². The minimum atomic E-state index is -0.392. The highest BCUT2D eigenvalue weighted by molar-refractivity contribution is 6.36. The summed E-state index contributed by atoms with van der Waals surface area (Å²) in [6, 6.07) is 13.2. The SMILES string of the molecule is Cc1ccccc1NC1=C(c2ccc(F)cc2)C(=O)N(CCCN2CCOCC2)C1=O. The second-order valence-electron chi connectivity index (χ2n) is 7.77. The molecule has 0 saturated carbocycles. The molecule has 0 unspecified atom stereocenters. The molecule has 6 nitrogen and oxygen atoms in total. The van der Waals surface area contributed by atoms with Crippen molar-refractivity contribution in [3.63, 3.8) is 0 Å². The number of carbonyl (C=O) groups excluding carboxylic acids is 2. The molecule has 2 aromatic rings. The summed E-state index contributed by atoms with van der Waals surface area (Å²) in [4.78, 5) is 30.1. The van der Waals surface area contributed by atoms with Gasteiger partial charge in [-0.15, -0.1) is 0 Å². The van der Waals surface area contributed by atoms with E-state index in [1.165, 1.54) is 29.2 Å². The first-order chi connectivity index (χ1) is 15.0. The molecule has 0 aliphatic carbocycles. The van der Waals surface area contributed by atoms with E-state index in [9.17, 15) is 14.0 Å². The number of anilines is 1. The molecule has 1 fully saturated rings. The monoisotopic (exact) mass is 423 g/mol. The Morgan fingerprint density at radius 2 is 1.68 bits per heavy atom. The van der Waals surface area contributed by atoms with Crippen LogP contribution in [0.3, 0.4) is 0 Å². The summed E-state index contributed by atoms with van der Waals surface area (Å²) < 4.78 is 18.8. The van der Waals surface area contributed by atoms with Crippen LogP contribution in [0.15, 0.2) is 54.2 Å². The molecule has 7 heteroatoms. The maximum atomic E-state index is 13.5. The Balaban J connectivity index is 1.57. The number of carbonyl (C=O) groups is 2. The number of hydrogen-bond acceptors (Lipinski definition) is 5. The fourth-order valence-corrected chi connectivity index (χ4v) is 3.90. The number of aryl methyl sites for hydroxylation is 1. The van der Waals surface area contributed by atoms with Gasteiger partial charge < -0.3 is 10.1 Å². The minimum absolute atomic E-state index is 0.234. The van der Waals surface area contributed by atoms with Crippen molar-refractivity contribution in [2.24, 2.45) is 0 Å². The zero-order valence-electron chi connectivity index (χ0n) is 17.6. The van der Waals surface area contributed by atoms with Gasteiger partial charge in [-0.1, -0.05) is 30.3 Å². The maximum Gasteiger partial charge on any atom is 0.278 e. The highest BCUT2D eigenvalue weighted by Gasteiger charge is 2.39. The average Bonchev–Trinajstić information content (AvgIpc) is 3.01. The number of halogens is 1. The number of nitrogens with one attached hydrogen (secondary N) is 1. The number of ether oxygens (including phenoxy) is 1. The minimum Gasteiger partial charge on any atom is -0.379 e. The topological polar surface area (TPSA) is 61.9 Å². The molecule has 0 radical (unpaired) electrons. The van der Waals surface area contributed by atoms with Gasteiger partial charge in [0.25, 0.3) is 11.8 Å². The Kier molecular flexibility index (Phi) is 6.44. The molecular weight excluding hydrogens is 397 g/mol. The van der Waals surface area contributed by atoms with Gasteiger partial charge >= 0.3 is 0 Å². The van der Waals surface area contributed by atoms with Crippen LogP contribution in [0.2, 0.25) is 0 Å². The molecule has 31 heavy (non-hydrogen) atoms. The number of benzene rings is 2. The average molecular weight is 423 g/mol. The van der Waals surface area contributed by atoms with Gasteiger partial charge in [0.05, 0.1) is 18.8 Å². The summed E-state index contributed by atoms with van der Waals surface area (Å²) in [5, 5.41) is 3.17. The lowest BCUT2D eigenvalue weighted by molar-refractivity contribution is -0.136. The van der Waals surface area contributed by atoms with Crippen LogP contribution in [0, 0.1) is 12.7 Å². The van der Waals surface area contributed by atoms with Crippen molar-refractivity contribution in [3.8, 4) is 0 Å². The molecule has 162 valence electrons. The Morgan fingerprint density at radius 3 is 2.39 bits per heavy atom. The third-order valence-electron chi connectivity index (χ3n) is 5.67. The summed E-state index contributed by atoms with van der Waals surface area (Å²) in [5.41, 5.74) is 2.75. The van der Waals surface area contributed by atoms with Crippen molar-refractivity contribution in [1.29, 1.82) is 0 Å². The van der Waals surface area contributed by atoms with Crippen molar-refractivity contribution >= 4 is 23.1 Å². The molecule has 2 aliphatic rings. The first kappa shape index (κ1) is 21.2. The standard InChI is InChI=1S/C24H26FN3O3/c1-17-5-2-3-6-20(17)26-22-21(18-7-9-19(25)10-8-18)23(29)28(24(22)30)12-4-11-27-13-15-31-16-14-27/h2-3,5-10,26H,4,11-16H2,1H3. The van der Waals surface area contributed by atoms with Crippen LogP contribution in [-0.4, -0.2) is 61.0 Å². The number of amides is 2. The Bertz CT molecular complexity index is 997. The van der Waals surface area contributed by atoms with Gasteiger partial charge in [-0.25, -0.2) is 4.39 Å². The molecule has 1 saturated heterocycles. The van der Waals surface area contributed by atoms with E-state index in [1.807, 2.05) is 31.2 Å². The van der Waals surface area contributed by atoms with Crippen LogP contribution >= 0.6 is 0 Å². The predicted octanol–water partition coefficient (Wildman–Crippen LogP) is 3.05. The van der Waals surface area contributed by atoms with E-state index in [1.54, 1.807) is 0 Å². The summed E-state index contributed by atoms with van der Waals surface area (Å²) in [6.07, 6.45) is 0.686. The lowest BCUT2D eigenvalue weighted by Gasteiger charge is -2.27. The van der Waals surface area contributed by atoms with Gasteiger partial charge in [-0.2, -0.15) is 0 Å². The van der Waals surface area contributed by atoms with Gasteiger partial charge in [0, 0.05) is 31.9 Å². The van der Waals surface area contributed by atoms with Gasteiger partial charge in [-0.3, -0.25) is 19.4 Å². The first-order valence-electron chi connectivity index (χ1n) is 10.5. The Hall–Kier alpha value is -3.03. The van der Waals surface area contributed by atoms with Crippen molar-refractivity contribution in [3.05, 3.63) is 71.2 Å².